The summed E-state index contributed by atoms with van der Waals surface area (Å²) in [6.07, 6.45) is 4.76. The van der Waals surface area contributed by atoms with E-state index < -0.39 is 0 Å². The van der Waals surface area contributed by atoms with E-state index in [-0.39, 0.29) is 5.82 Å². The molecule has 0 spiro atoms. The van der Waals surface area contributed by atoms with Crippen LogP contribution in [-0.4, -0.2) is 15.0 Å². The van der Waals surface area contributed by atoms with Gasteiger partial charge in [-0.15, -0.1) is 0 Å². The van der Waals surface area contributed by atoms with Crippen molar-refractivity contribution in [3.05, 3.63) is 60.8 Å². The van der Waals surface area contributed by atoms with Crippen LogP contribution in [0.1, 0.15) is 0 Å². The number of aromatic nitrogens is 3. The Morgan fingerprint density at radius 1 is 0.850 bits per heavy atom. The number of anilines is 1. The average molecular weight is 266 g/mol. The molecule has 0 saturated carbocycles. The molecule has 0 atom stereocenters. The maximum atomic E-state index is 13.3. The molecule has 98 valence electrons. The standard InChI is InChI=1S/C15H11FN4/c16-12-3-1-2-10(6-12)13-7-11(4-5-18-13)14-8-20-15(17)9-19-14/h1-9H,(H2,17,20). The van der Waals surface area contributed by atoms with E-state index >= 15 is 0 Å². The first kappa shape index (κ1) is 12.2. The van der Waals surface area contributed by atoms with Crippen LogP contribution >= 0.6 is 0 Å². The molecule has 3 rings (SSSR count). The Morgan fingerprint density at radius 2 is 1.70 bits per heavy atom. The monoisotopic (exact) mass is 266 g/mol. The van der Waals surface area contributed by atoms with Crippen molar-refractivity contribution in [2.75, 3.05) is 5.73 Å². The zero-order valence-electron chi connectivity index (χ0n) is 10.5. The van der Waals surface area contributed by atoms with Crippen molar-refractivity contribution in [2.24, 2.45) is 0 Å². The summed E-state index contributed by atoms with van der Waals surface area (Å²) < 4.78 is 13.3. The lowest BCUT2D eigenvalue weighted by atomic mass is 10.1. The van der Waals surface area contributed by atoms with Crippen LogP contribution in [-0.2, 0) is 0 Å². The van der Waals surface area contributed by atoms with Crippen LogP contribution in [0.3, 0.4) is 0 Å². The molecule has 20 heavy (non-hydrogen) atoms. The van der Waals surface area contributed by atoms with E-state index in [1.807, 2.05) is 18.2 Å². The van der Waals surface area contributed by atoms with Crippen molar-refractivity contribution in [3.63, 3.8) is 0 Å². The van der Waals surface area contributed by atoms with Crippen molar-refractivity contribution >= 4 is 5.82 Å². The summed E-state index contributed by atoms with van der Waals surface area (Å²) in [5, 5.41) is 0. The topological polar surface area (TPSA) is 64.7 Å². The first-order valence-corrected chi connectivity index (χ1v) is 6.02. The molecule has 0 aliphatic carbocycles. The molecular formula is C15H11FN4. The lowest BCUT2D eigenvalue weighted by molar-refractivity contribution is 0.628. The molecule has 2 heterocycles. The predicted octanol–water partition coefficient (Wildman–Crippen LogP) is 2.93. The molecule has 0 aliphatic rings. The summed E-state index contributed by atoms with van der Waals surface area (Å²) in [5.74, 6) is 0.0788. The molecule has 2 aromatic heterocycles. The molecule has 0 fully saturated rings. The Bertz CT molecular complexity index is 741. The van der Waals surface area contributed by atoms with Crippen molar-refractivity contribution < 1.29 is 4.39 Å². The van der Waals surface area contributed by atoms with Crippen LogP contribution < -0.4 is 5.73 Å². The number of nitrogens with zero attached hydrogens (tertiary/aromatic N) is 3. The van der Waals surface area contributed by atoms with Crippen LogP contribution in [0.4, 0.5) is 10.2 Å². The molecule has 4 nitrogen and oxygen atoms in total. The second-order valence-corrected chi connectivity index (χ2v) is 4.27. The zero-order chi connectivity index (χ0) is 13.9. The maximum Gasteiger partial charge on any atom is 0.141 e. The Labute approximate surface area is 115 Å². The van der Waals surface area contributed by atoms with Crippen LogP contribution in [0.5, 0.6) is 0 Å². The fourth-order valence-corrected chi connectivity index (χ4v) is 1.88. The van der Waals surface area contributed by atoms with Gasteiger partial charge in [0.05, 0.1) is 23.8 Å². The number of nitrogens with two attached hydrogens (primary N) is 1. The third-order valence-electron chi connectivity index (χ3n) is 2.85. The molecule has 3 aromatic rings. The molecule has 2 N–H and O–H groups in total. The first-order valence-electron chi connectivity index (χ1n) is 6.02. The van der Waals surface area contributed by atoms with Gasteiger partial charge in [0.1, 0.15) is 11.6 Å². The minimum Gasteiger partial charge on any atom is -0.382 e. The quantitative estimate of drug-likeness (QED) is 0.774. The van der Waals surface area contributed by atoms with Crippen LogP contribution in [0, 0.1) is 5.82 Å². The summed E-state index contributed by atoms with van der Waals surface area (Å²) in [4.78, 5) is 12.5. The van der Waals surface area contributed by atoms with E-state index in [4.69, 9.17) is 5.73 Å². The number of rotatable bonds is 2. The third-order valence-corrected chi connectivity index (χ3v) is 2.85. The highest BCUT2D eigenvalue weighted by Crippen LogP contribution is 2.23. The van der Waals surface area contributed by atoms with Gasteiger partial charge < -0.3 is 5.73 Å². The van der Waals surface area contributed by atoms with E-state index in [9.17, 15) is 4.39 Å². The fourth-order valence-electron chi connectivity index (χ4n) is 1.88. The van der Waals surface area contributed by atoms with Gasteiger partial charge in [0.15, 0.2) is 0 Å². The largest absolute Gasteiger partial charge is 0.382 e. The van der Waals surface area contributed by atoms with Gasteiger partial charge in [-0.3, -0.25) is 9.97 Å². The van der Waals surface area contributed by atoms with Gasteiger partial charge in [0.2, 0.25) is 0 Å². The fraction of sp³-hybridized carbons (Fsp3) is 0. The minimum atomic E-state index is -0.290. The number of hydrogen-bond acceptors (Lipinski definition) is 4. The summed E-state index contributed by atoms with van der Waals surface area (Å²) in [6, 6.07) is 9.98. The number of nitrogen functional groups attached to an aromatic ring is 1. The van der Waals surface area contributed by atoms with E-state index in [1.165, 1.54) is 18.3 Å². The van der Waals surface area contributed by atoms with Gasteiger partial charge in [0.25, 0.3) is 0 Å². The van der Waals surface area contributed by atoms with Gasteiger partial charge in [-0.1, -0.05) is 12.1 Å². The summed E-state index contributed by atoms with van der Waals surface area (Å²) in [5.41, 5.74) is 8.46. The van der Waals surface area contributed by atoms with E-state index in [0.29, 0.717) is 17.2 Å². The van der Waals surface area contributed by atoms with E-state index in [1.54, 1.807) is 18.5 Å². The lowest BCUT2D eigenvalue weighted by Gasteiger charge is -2.04. The highest BCUT2D eigenvalue weighted by Gasteiger charge is 2.05. The van der Waals surface area contributed by atoms with E-state index in [0.717, 1.165) is 11.1 Å². The highest BCUT2D eigenvalue weighted by molar-refractivity contribution is 5.67. The lowest BCUT2D eigenvalue weighted by Crippen LogP contribution is -1.93. The van der Waals surface area contributed by atoms with Crippen LogP contribution in [0.25, 0.3) is 22.5 Å². The van der Waals surface area contributed by atoms with Crippen molar-refractivity contribution in [3.8, 4) is 22.5 Å². The summed E-state index contributed by atoms with van der Waals surface area (Å²) in [6.45, 7) is 0. The molecule has 0 bridgehead atoms. The second kappa shape index (κ2) is 5.05. The minimum absolute atomic E-state index is 0.290. The van der Waals surface area contributed by atoms with Crippen LogP contribution in [0.2, 0.25) is 0 Å². The Kier molecular flexibility index (Phi) is 3.09. The number of halogens is 1. The first-order chi connectivity index (χ1) is 9.72. The molecule has 0 unspecified atom stereocenters. The van der Waals surface area contributed by atoms with Gasteiger partial charge in [-0.05, 0) is 24.3 Å². The van der Waals surface area contributed by atoms with Crippen LogP contribution in [0.15, 0.2) is 55.0 Å². The number of hydrogen-bond donors (Lipinski definition) is 1. The Balaban J connectivity index is 2.03. The molecule has 5 heteroatoms. The molecule has 0 saturated heterocycles. The van der Waals surface area contributed by atoms with E-state index in [2.05, 4.69) is 15.0 Å². The van der Waals surface area contributed by atoms with Crippen molar-refractivity contribution in [1.29, 1.82) is 0 Å². The third kappa shape index (κ3) is 2.47. The van der Waals surface area contributed by atoms with Gasteiger partial charge >= 0.3 is 0 Å². The van der Waals surface area contributed by atoms with Gasteiger partial charge in [-0.2, -0.15) is 0 Å². The van der Waals surface area contributed by atoms with Gasteiger partial charge in [0, 0.05) is 17.3 Å². The van der Waals surface area contributed by atoms with Crippen molar-refractivity contribution in [2.45, 2.75) is 0 Å². The molecule has 0 radical (unpaired) electrons. The molecule has 1 aromatic carbocycles. The molecule has 0 aliphatic heterocycles. The Hall–Kier alpha value is -2.82. The number of benzene rings is 1. The summed E-state index contributed by atoms with van der Waals surface area (Å²) >= 11 is 0. The van der Waals surface area contributed by atoms with Crippen molar-refractivity contribution in [1.82, 2.24) is 15.0 Å². The maximum absolute atomic E-state index is 13.3. The van der Waals surface area contributed by atoms with Gasteiger partial charge in [-0.25, -0.2) is 9.37 Å². The SMILES string of the molecule is Nc1cnc(-c2ccnc(-c3cccc(F)c3)c2)cn1. The average Bonchev–Trinajstić information content (AvgIpc) is 2.48. The Morgan fingerprint density at radius 3 is 2.45 bits per heavy atom. The molecular weight excluding hydrogens is 255 g/mol. The molecule has 0 amide bonds. The zero-order valence-corrected chi connectivity index (χ0v) is 10.5. The summed E-state index contributed by atoms with van der Waals surface area (Å²) in [7, 11) is 0. The second-order valence-electron chi connectivity index (χ2n) is 4.27. The highest BCUT2D eigenvalue weighted by atomic mass is 19.1. The number of pyridine rings is 1. The normalized spacial score (nSPS) is 10.4. The smallest absolute Gasteiger partial charge is 0.141 e. The predicted molar refractivity (Wildman–Crippen MR) is 75.1 cm³/mol.